The van der Waals surface area contributed by atoms with Gasteiger partial charge < -0.3 is 61.2 Å². The summed E-state index contributed by atoms with van der Waals surface area (Å²) in [6.07, 6.45) is 6.45. The molecule has 5 atom stereocenters. The molecule has 10 N–H and O–H groups in total. The number of ether oxygens (including phenoxy) is 1. The first kappa shape index (κ1) is 59.8. The second-order valence-corrected chi connectivity index (χ2v) is 18.4. The van der Waals surface area contributed by atoms with Crippen LogP contribution in [0, 0.1) is 11.8 Å². The Labute approximate surface area is 378 Å². The fourth-order valence-electron chi connectivity index (χ4n) is 5.99. The maximum absolute atomic E-state index is 14.0. The van der Waals surface area contributed by atoms with Crippen molar-refractivity contribution < 1.29 is 62.6 Å². The number of phosphoric ester groups is 1. The van der Waals surface area contributed by atoms with Gasteiger partial charge in [0.15, 0.2) is 0 Å². The number of aliphatic hydroxyl groups is 2. The van der Waals surface area contributed by atoms with Crippen LogP contribution in [0.1, 0.15) is 113 Å². The van der Waals surface area contributed by atoms with Gasteiger partial charge in [-0.2, -0.15) is 0 Å². The number of allylic oxidation sites excluding steroid dienone is 1. The highest BCUT2D eigenvalue weighted by atomic mass is 31.2. The molecule has 0 aromatic carbocycles. The Morgan fingerprint density at radius 2 is 1.55 bits per heavy atom. The number of imidazole rings is 1. The third-order valence-electron chi connectivity index (χ3n) is 9.16. The molecule has 0 spiro atoms. The highest BCUT2D eigenvalue weighted by molar-refractivity contribution is 7.46. The van der Waals surface area contributed by atoms with Crippen molar-refractivity contribution >= 4 is 43.3 Å². The van der Waals surface area contributed by atoms with E-state index < -0.39 is 79.8 Å². The van der Waals surface area contributed by atoms with Gasteiger partial charge in [-0.1, -0.05) is 47.6 Å². The lowest BCUT2D eigenvalue weighted by Crippen LogP contribution is -2.61. The minimum atomic E-state index is -5.12. The van der Waals surface area contributed by atoms with Crippen LogP contribution in [0.15, 0.2) is 25.2 Å². The first-order valence-corrected chi connectivity index (χ1v) is 23.3. The molecular weight excluding hydrogens is 855 g/mol. The van der Waals surface area contributed by atoms with Gasteiger partial charge in [0.2, 0.25) is 35.4 Å². The fourth-order valence-corrected chi connectivity index (χ4v) is 6.55. The van der Waals surface area contributed by atoms with E-state index in [0.717, 1.165) is 32.1 Å². The predicted molar refractivity (Wildman–Crippen MR) is 240 cm³/mol. The van der Waals surface area contributed by atoms with Gasteiger partial charge in [0.25, 0.3) is 0 Å². The Balaban J connectivity index is 0.00000948. The summed E-state index contributed by atoms with van der Waals surface area (Å²) in [4.78, 5) is 104. The summed E-state index contributed by atoms with van der Waals surface area (Å²) in [7, 11) is -5.12. The van der Waals surface area contributed by atoms with Crippen molar-refractivity contribution in [2.75, 3.05) is 32.9 Å². The summed E-state index contributed by atoms with van der Waals surface area (Å²) in [6.45, 7) is 19.7. The van der Waals surface area contributed by atoms with Gasteiger partial charge in [-0.25, -0.2) is 9.55 Å². The number of unbranched alkanes of at least 4 members (excludes halogenated alkanes) is 2. The van der Waals surface area contributed by atoms with Gasteiger partial charge in [0.05, 0.1) is 44.2 Å². The molecule has 1 heterocycles. The summed E-state index contributed by atoms with van der Waals surface area (Å²) in [5.74, 6) is -4.37. The van der Waals surface area contributed by atoms with E-state index in [9.17, 15) is 53.3 Å². The van der Waals surface area contributed by atoms with E-state index in [1.165, 1.54) is 11.1 Å². The van der Waals surface area contributed by atoms with Crippen LogP contribution in [0.4, 0.5) is 0 Å². The van der Waals surface area contributed by atoms with E-state index in [4.69, 9.17) is 10.5 Å². The molecule has 0 aliphatic carbocycles. The van der Waals surface area contributed by atoms with Gasteiger partial charge in [-0.3, -0.25) is 33.3 Å². The van der Waals surface area contributed by atoms with Crippen molar-refractivity contribution in [1.29, 1.82) is 0 Å². The van der Waals surface area contributed by atoms with E-state index in [1.54, 1.807) is 30.8 Å². The van der Waals surface area contributed by atoms with Crippen LogP contribution in [0.2, 0.25) is 0 Å². The van der Waals surface area contributed by atoms with Crippen molar-refractivity contribution in [3.05, 3.63) is 30.9 Å². The van der Waals surface area contributed by atoms with Crippen LogP contribution in [-0.4, -0.2) is 139 Å². The van der Waals surface area contributed by atoms with Gasteiger partial charge in [0, 0.05) is 38.0 Å². The minimum absolute atomic E-state index is 0.0179. The van der Waals surface area contributed by atoms with E-state index >= 15 is 0 Å². The van der Waals surface area contributed by atoms with Crippen molar-refractivity contribution in [2.45, 2.75) is 156 Å². The number of amides is 6. The second-order valence-electron chi connectivity index (χ2n) is 17.2. The molecule has 64 heavy (non-hydrogen) atoms. The second kappa shape index (κ2) is 30.8. The van der Waals surface area contributed by atoms with E-state index in [-0.39, 0.29) is 57.4 Å². The van der Waals surface area contributed by atoms with Crippen molar-refractivity contribution in [3.8, 4) is 0 Å². The fraction of sp³-hybridized carbons (Fsp3) is 0.738. The normalized spacial score (nSPS) is 14.0. The Hall–Kier alpha value is -4.24. The number of hydrogen-bond donors (Lipinski definition) is 9. The van der Waals surface area contributed by atoms with E-state index in [1.807, 2.05) is 20.8 Å². The molecule has 1 rings (SSSR count). The molecule has 0 bridgehead atoms. The smallest absolute Gasteiger partial charge is 0.396 e. The predicted octanol–water partition coefficient (Wildman–Crippen LogP) is 1.21. The van der Waals surface area contributed by atoms with Crippen LogP contribution in [0.3, 0.4) is 0 Å². The van der Waals surface area contributed by atoms with Gasteiger partial charge in [-0.15, -0.1) is 6.58 Å². The lowest BCUT2D eigenvalue weighted by Gasteiger charge is -2.28. The number of carbonyl (C=O) groups is 6. The monoisotopic (exact) mass is 933 g/mol. The molecule has 22 heteroatoms. The molecule has 1 aromatic heterocycles. The van der Waals surface area contributed by atoms with Crippen LogP contribution in [0.25, 0.3) is 0 Å². The van der Waals surface area contributed by atoms with Gasteiger partial charge >= 0.3 is 7.82 Å². The zero-order valence-electron chi connectivity index (χ0n) is 39.2. The number of rotatable bonds is 31. The third-order valence-corrected chi connectivity index (χ3v) is 9.76. The van der Waals surface area contributed by atoms with Crippen LogP contribution in [0.5, 0.6) is 0 Å². The Morgan fingerprint density at radius 3 is 2.08 bits per heavy atom. The molecule has 6 amide bonds. The number of primary amides is 1. The molecular formula is C42H77N8O13P. The van der Waals surface area contributed by atoms with Crippen molar-refractivity contribution in [2.24, 2.45) is 17.6 Å². The summed E-state index contributed by atoms with van der Waals surface area (Å²) >= 11 is 0. The zero-order valence-corrected chi connectivity index (χ0v) is 40.1. The molecule has 0 saturated carbocycles. The van der Waals surface area contributed by atoms with Crippen LogP contribution >= 0.6 is 7.82 Å². The Bertz CT molecular complexity index is 1650. The van der Waals surface area contributed by atoms with E-state index in [2.05, 4.69) is 58.1 Å². The largest absolute Gasteiger partial charge is 0.469 e. The number of nitrogens with two attached hydrogens (primary N) is 1. The Kier molecular flexibility index (Phi) is 28.8. The number of aromatic nitrogens is 2. The molecule has 0 radical (unpaired) electrons. The van der Waals surface area contributed by atoms with Crippen molar-refractivity contribution in [3.63, 3.8) is 0 Å². The summed E-state index contributed by atoms with van der Waals surface area (Å²) in [6, 6.07) is -6.14. The molecule has 0 saturated heterocycles. The zero-order chi connectivity index (χ0) is 49.2. The summed E-state index contributed by atoms with van der Waals surface area (Å²) in [5.41, 5.74) is 5.21. The number of aliphatic hydroxyl groups excluding tert-OH is 2. The lowest BCUT2D eigenvalue weighted by molar-refractivity contribution is -0.139. The highest BCUT2D eigenvalue weighted by Gasteiger charge is 2.35. The van der Waals surface area contributed by atoms with Gasteiger partial charge in [0.1, 0.15) is 24.2 Å². The average molecular weight is 933 g/mol. The maximum atomic E-state index is 14.0. The highest BCUT2D eigenvalue weighted by Crippen LogP contribution is 2.38. The van der Waals surface area contributed by atoms with Gasteiger partial charge in [-0.05, 0) is 71.1 Å². The third kappa shape index (κ3) is 25.9. The quantitative estimate of drug-likeness (QED) is 0.0287. The van der Waals surface area contributed by atoms with E-state index in [0.29, 0.717) is 25.1 Å². The van der Waals surface area contributed by atoms with Crippen molar-refractivity contribution in [1.82, 2.24) is 35.7 Å². The lowest BCUT2D eigenvalue weighted by atomic mass is 10.0. The average Bonchev–Trinajstić information content (AvgIpc) is 3.61. The van der Waals surface area contributed by atoms with Crippen LogP contribution in [-0.2, 0) is 55.6 Å². The number of nitrogens with zero attached hydrogens (tertiary/aromatic N) is 3. The van der Waals surface area contributed by atoms with Crippen LogP contribution < -0.4 is 27.0 Å². The topological polar surface area (TPSA) is 314 Å². The minimum Gasteiger partial charge on any atom is -0.396 e. The molecule has 3 unspecified atom stereocenters. The summed E-state index contributed by atoms with van der Waals surface area (Å²) in [5, 5.41) is 29.2. The Morgan fingerprint density at radius 1 is 0.953 bits per heavy atom. The SMILES string of the molecule is C=CCCCCn1cncc1C[C@H](NC(=O)C(CC(C)C)NC(=O)CN(CCC)C(=O)CCOC(C)(C)CCO)C(=O)NC(CO)C(=O)N[C@H](C(N)=O)C(C)OP(=O)(O)O.CC(C)C. The molecule has 0 aliphatic rings. The maximum Gasteiger partial charge on any atom is 0.469 e. The molecule has 21 nitrogen and oxygen atoms in total. The molecule has 1 aromatic rings. The number of nitrogens with one attached hydrogen (secondary N) is 4. The first-order chi connectivity index (χ1) is 29.8. The standard InChI is InChI=1S/C38H67N8O13P.C4H10/c1-8-10-11-12-16-46-24-40-21-27(46)20-29(36(53)43-30(23-48)37(54)44-33(34(39)51)26(5)59-60(55,56)57)42-35(52)28(19-25(3)4)41-31(49)22-45(15-9-2)32(50)13-18-58-38(6,7)14-17-47;1-4(2)3/h8,21,24-26,28-30,33,47-48H,1,9-20,22-23H2,2-7H3,(H2,39,51)(H,41,49)(H,42,52)(H,43,53)(H,44,54)(H2,55,56,57);4H,1-3H3/t26?,28?,29-,30?,33-;/m0./s1. The molecule has 0 fully saturated rings. The number of aryl methyl sites for hydroxylation is 1. The molecule has 0 aliphatic heterocycles. The summed E-state index contributed by atoms with van der Waals surface area (Å²) < 4.78 is 23.4. The number of carbonyl (C=O) groups excluding carboxylic acids is 6. The number of hydrogen-bond acceptors (Lipinski definition) is 12. The molecule has 368 valence electrons. The first-order valence-electron chi connectivity index (χ1n) is 21.8. The number of phosphoric acid groups is 1.